The van der Waals surface area contributed by atoms with Gasteiger partial charge in [0, 0.05) is 0 Å². The number of carboxylic acid groups (broad SMARTS) is 1. The zero-order chi connectivity index (χ0) is 14.6. The molecule has 0 aliphatic heterocycles. The third kappa shape index (κ3) is 4.24. The van der Waals surface area contributed by atoms with Gasteiger partial charge in [0.1, 0.15) is 6.04 Å². The summed E-state index contributed by atoms with van der Waals surface area (Å²) in [5.41, 5.74) is 5.17. The topological polar surface area (TPSA) is 63.3 Å². The van der Waals surface area contributed by atoms with Gasteiger partial charge in [-0.1, -0.05) is 25.1 Å². The fourth-order valence-electron chi connectivity index (χ4n) is 1.91. The van der Waals surface area contributed by atoms with Crippen LogP contribution in [0.25, 0.3) is 0 Å². The van der Waals surface area contributed by atoms with E-state index >= 15 is 0 Å². The SMILES string of the molecule is CCC(CC(N)C(=O)O)c1cccc(C(F)(F)F)c1. The number of nitrogens with two attached hydrogens (primary N) is 1. The number of alkyl halides is 3. The van der Waals surface area contributed by atoms with E-state index in [1.165, 1.54) is 6.07 Å². The van der Waals surface area contributed by atoms with Crippen LogP contribution >= 0.6 is 0 Å². The van der Waals surface area contributed by atoms with Gasteiger partial charge in [0.2, 0.25) is 0 Å². The number of hydrogen-bond acceptors (Lipinski definition) is 2. The van der Waals surface area contributed by atoms with Crippen molar-refractivity contribution < 1.29 is 23.1 Å². The van der Waals surface area contributed by atoms with Gasteiger partial charge in [0.05, 0.1) is 5.56 Å². The Labute approximate surface area is 109 Å². The van der Waals surface area contributed by atoms with Gasteiger partial charge in [-0.2, -0.15) is 13.2 Å². The van der Waals surface area contributed by atoms with Crippen LogP contribution in [0.15, 0.2) is 24.3 Å². The predicted molar refractivity (Wildman–Crippen MR) is 64.7 cm³/mol. The van der Waals surface area contributed by atoms with Crippen molar-refractivity contribution in [2.75, 3.05) is 0 Å². The van der Waals surface area contributed by atoms with Crippen molar-refractivity contribution in [2.45, 2.75) is 37.9 Å². The maximum atomic E-state index is 12.6. The normalized spacial score (nSPS) is 15.0. The van der Waals surface area contributed by atoms with Crippen molar-refractivity contribution >= 4 is 5.97 Å². The Kier molecular flexibility index (Phi) is 4.94. The molecule has 2 unspecified atom stereocenters. The van der Waals surface area contributed by atoms with Crippen LogP contribution in [-0.2, 0) is 11.0 Å². The molecule has 0 aliphatic carbocycles. The Morgan fingerprint density at radius 2 is 2.05 bits per heavy atom. The highest BCUT2D eigenvalue weighted by molar-refractivity contribution is 5.73. The minimum Gasteiger partial charge on any atom is -0.480 e. The second kappa shape index (κ2) is 6.06. The fourth-order valence-corrected chi connectivity index (χ4v) is 1.91. The zero-order valence-electron chi connectivity index (χ0n) is 10.4. The van der Waals surface area contributed by atoms with Crippen LogP contribution in [0.4, 0.5) is 13.2 Å². The molecule has 6 heteroatoms. The second-order valence-electron chi connectivity index (χ2n) is 4.41. The van der Waals surface area contributed by atoms with E-state index in [0.29, 0.717) is 12.0 Å². The summed E-state index contributed by atoms with van der Waals surface area (Å²) >= 11 is 0. The molecular weight excluding hydrogens is 259 g/mol. The average Bonchev–Trinajstić information content (AvgIpc) is 2.34. The number of halogens is 3. The quantitative estimate of drug-likeness (QED) is 0.868. The molecule has 1 rings (SSSR count). The summed E-state index contributed by atoms with van der Waals surface area (Å²) in [6.45, 7) is 1.79. The van der Waals surface area contributed by atoms with Gasteiger partial charge in [-0.05, 0) is 30.4 Å². The van der Waals surface area contributed by atoms with Crippen LogP contribution in [0.3, 0.4) is 0 Å². The zero-order valence-corrected chi connectivity index (χ0v) is 10.4. The largest absolute Gasteiger partial charge is 0.480 e. The highest BCUT2D eigenvalue weighted by Crippen LogP contribution is 2.32. The summed E-state index contributed by atoms with van der Waals surface area (Å²) < 4.78 is 37.8. The van der Waals surface area contributed by atoms with E-state index in [9.17, 15) is 18.0 Å². The number of aliphatic carboxylic acids is 1. The first-order valence-corrected chi connectivity index (χ1v) is 5.91. The van der Waals surface area contributed by atoms with E-state index < -0.39 is 23.8 Å². The molecule has 0 aliphatic rings. The van der Waals surface area contributed by atoms with Crippen LogP contribution in [0, 0.1) is 0 Å². The van der Waals surface area contributed by atoms with E-state index in [2.05, 4.69) is 0 Å². The lowest BCUT2D eigenvalue weighted by Gasteiger charge is -2.19. The molecule has 3 N–H and O–H groups in total. The van der Waals surface area contributed by atoms with Crippen molar-refractivity contribution in [1.82, 2.24) is 0 Å². The molecule has 2 atom stereocenters. The molecule has 1 aromatic carbocycles. The predicted octanol–water partition coefficient (Wildman–Crippen LogP) is 3.00. The first-order valence-electron chi connectivity index (χ1n) is 5.91. The lowest BCUT2D eigenvalue weighted by Crippen LogP contribution is -2.31. The Morgan fingerprint density at radius 1 is 1.42 bits per heavy atom. The molecule has 106 valence electrons. The minimum absolute atomic E-state index is 0.118. The van der Waals surface area contributed by atoms with E-state index in [-0.39, 0.29) is 12.3 Å². The molecule has 0 bridgehead atoms. The van der Waals surface area contributed by atoms with Crippen molar-refractivity contribution in [3.63, 3.8) is 0 Å². The molecular formula is C13H16F3NO2. The molecule has 3 nitrogen and oxygen atoms in total. The molecule has 0 fully saturated rings. The highest BCUT2D eigenvalue weighted by atomic mass is 19.4. The number of rotatable bonds is 5. The van der Waals surface area contributed by atoms with E-state index in [0.717, 1.165) is 12.1 Å². The van der Waals surface area contributed by atoms with Crippen LogP contribution in [0.1, 0.15) is 36.8 Å². The number of benzene rings is 1. The van der Waals surface area contributed by atoms with Gasteiger partial charge in [-0.25, -0.2) is 0 Å². The van der Waals surface area contributed by atoms with Crippen LogP contribution in [0.2, 0.25) is 0 Å². The maximum absolute atomic E-state index is 12.6. The molecule has 19 heavy (non-hydrogen) atoms. The monoisotopic (exact) mass is 275 g/mol. The third-order valence-electron chi connectivity index (χ3n) is 3.03. The second-order valence-corrected chi connectivity index (χ2v) is 4.41. The first kappa shape index (κ1) is 15.5. The molecule has 0 aromatic heterocycles. The summed E-state index contributed by atoms with van der Waals surface area (Å²) in [6.07, 6.45) is -3.75. The molecule has 0 radical (unpaired) electrons. The molecule has 1 aromatic rings. The van der Waals surface area contributed by atoms with Crippen LogP contribution < -0.4 is 5.73 Å². The molecule has 0 amide bonds. The summed E-state index contributed by atoms with van der Waals surface area (Å²) in [5, 5.41) is 8.75. The van der Waals surface area contributed by atoms with Gasteiger partial charge < -0.3 is 10.8 Å². The molecule has 0 spiro atoms. The van der Waals surface area contributed by atoms with Gasteiger partial charge in [-0.15, -0.1) is 0 Å². The molecule has 0 saturated heterocycles. The van der Waals surface area contributed by atoms with Crippen molar-refractivity contribution in [3.05, 3.63) is 35.4 Å². The summed E-state index contributed by atoms with van der Waals surface area (Å²) in [5.74, 6) is -1.45. The maximum Gasteiger partial charge on any atom is 0.416 e. The lowest BCUT2D eigenvalue weighted by molar-refractivity contribution is -0.139. The standard InChI is InChI=1S/C13H16F3NO2/c1-2-8(7-11(17)12(18)19)9-4-3-5-10(6-9)13(14,15)16/h3-6,8,11H,2,7,17H2,1H3,(H,18,19). The van der Waals surface area contributed by atoms with Gasteiger partial charge in [-0.3, -0.25) is 4.79 Å². The first-order chi connectivity index (χ1) is 8.75. The Hall–Kier alpha value is -1.56. The molecule has 0 saturated carbocycles. The van der Waals surface area contributed by atoms with Gasteiger partial charge >= 0.3 is 12.1 Å². The van der Waals surface area contributed by atoms with E-state index in [1.54, 1.807) is 13.0 Å². The lowest BCUT2D eigenvalue weighted by atomic mass is 9.89. The summed E-state index contributed by atoms with van der Waals surface area (Å²) in [6, 6.07) is 3.88. The van der Waals surface area contributed by atoms with Crippen LogP contribution in [-0.4, -0.2) is 17.1 Å². The highest BCUT2D eigenvalue weighted by Gasteiger charge is 2.31. The van der Waals surface area contributed by atoms with Crippen LogP contribution in [0.5, 0.6) is 0 Å². The third-order valence-corrected chi connectivity index (χ3v) is 3.03. The summed E-state index contributed by atoms with van der Waals surface area (Å²) in [4.78, 5) is 10.7. The Bertz CT molecular complexity index is 446. The van der Waals surface area contributed by atoms with Crippen molar-refractivity contribution in [1.29, 1.82) is 0 Å². The average molecular weight is 275 g/mol. The van der Waals surface area contributed by atoms with Crippen molar-refractivity contribution in [3.8, 4) is 0 Å². The Morgan fingerprint density at radius 3 is 2.53 bits per heavy atom. The smallest absolute Gasteiger partial charge is 0.416 e. The van der Waals surface area contributed by atoms with E-state index in [4.69, 9.17) is 10.8 Å². The van der Waals surface area contributed by atoms with E-state index in [1.807, 2.05) is 0 Å². The molecule has 0 heterocycles. The Balaban J connectivity index is 2.96. The fraction of sp³-hybridized carbons (Fsp3) is 0.462. The van der Waals surface area contributed by atoms with Gasteiger partial charge in [0.15, 0.2) is 0 Å². The van der Waals surface area contributed by atoms with Crippen molar-refractivity contribution in [2.24, 2.45) is 5.73 Å². The summed E-state index contributed by atoms with van der Waals surface area (Å²) in [7, 11) is 0. The number of carbonyl (C=O) groups is 1. The van der Waals surface area contributed by atoms with Gasteiger partial charge in [0.25, 0.3) is 0 Å². The number of carboxylic acids is 1. The number of hydrogen-bond donors (Lipinski definition) is 2. The minimum atomic E-state index is -4.40.